The molecule has 1 aliphatic rings. The van der Waals surface area contributed by atoms with Crippen LogP contribution in [0.4, 0.5) is 0 Å². The summed E-state index contributed by atoms with van der Waals surface area (Å²) in [6, 6.07) is 0. The molecular formula is C17H36O5Si. The average molecular weight is 349 g/mol. The van der Waals surface area contributed by atoms with Gasteiger partial charge in [-0.05, 0) is 40.0 Å². The van der Waals surface area contributed by atoms with Gasteiger partial charge < -0.3 is 22.8 Å². The fourth-order valence-electron chi connectivity index (χ4n) is 3.65. The molecule has 0 radical (unpaired) electrons. The maximum atomic E-state index is 6.56. The van der Waals surface area contributed by atoms with Gasteiger partial charge in [0.05, 0.1) is 18.6 Å². The van der Waals surface area contributed by atoms with Crippen LogP contribution < -0.4 is 0 Å². The molecule has 0 aromatic carbocycles. The summed E-state index contributed by atoms with van der Waals surface area (Å²) in [6.45, 7) is 16.2. The van der Waals surface area contributed by atoms with E-state index in [4.69, 9.17) is 22.8 Å². The van der Waals surface area contributed by atoms with E-state index in [2.05, 4.69) is 20.8 Å². The van der Waals surface area contributed by atoms with Crippen molar-refractivity contribution >= 4 is 8.80 Å². The highest BCUT2D eigenvalue weighted by atomic mass is 28.4. The topological polar surface area (TPSA) is 46.2 Å². The van der Waals surface area contributed by atoms with E-state index in [0.29, 0.717) is 39.6 Å². The number of hydrogen-bond acceptors (Lipinski definition) is 5. The SMILES string of the molecule is CCCOC(CC)(C1(CC)COC1)[Si](OCC)(OCC)OCC. The molecule has 1 atom stereocenters. The van der Waals surface area contributed by atoms with Gasteiger partial charge in [-0.2, -0.15) is 0 Å². The number of ether oxygens (including phenoxy) is 2. The Balaban J connectivity index is 3.40. The molecule has 0 N–H and O–H groups in total. The van der Waals surface area contributed by atoms with Gasteiger partial charge in [0.1, 0.15) is 5.22 Å². The molecule has 0 bridgehead atoms. The fourth-order valence-corrected chi connectivity index (χ4v) is 7.42. The summed E-state index contributed by atoms with van der Waals surface area (Å²) < 4.78 is 31.0. The molecule has 0 amide bonds. The normalized spacial score (nSPS) is 20.1. The smallest absolute Gasteiger partial charge is 0.380 e. The Morgan fingerprint density at radius 1 is 0.913 bits per heavy atom. The summed E-state index contributed by atoms with van der Waals surface area (Å²) in [5.74, 6) is 0. The zero-order chi connectivity index (χ0) is 17.4. The van der Waals surface area contributed by atoms with E-state index < -0.39 is 14.0 Å². The lowest BCUT2D eigenvalue weighted by atomic mass is 9.75. The number of hydrogen-bond donors (Lipinski definition) is 0. The quantitative estimate of drug-likeness (QED) is 0.476. The Hall–Kier alpha value is 0.0169. The molecule has 0 spiro atoms. The van der Waals surface area contributed by atoms with Gasteiger partial charge in [-0.3, -0.25) is 0 Å². The van der Waals surface area contributed by atoms with Crippen molar-refractivity contribution in [3.05, 3.63) is 0 Å². The van der Waals surface area contributed by atoms with E-state index in [1.54, 1.807) is 0 Å². The minimum atomic E-state index is -3.04. The molecular weight excluding hydrogens is 312 g/mol. The van der Waals surface area contributed by atoms with E-state index >= 15 is 0 Å². The van der Waals surface area contributed by atoms with Crippen LogP contribution >= 0.6 is 0 Å². The van der Waals surface area contributed by atoms with Crippen LogP contribution in [0.1, 0.15) is 60.8 Å². The van der Waals surface area contributed by atoms with Gasteiger partial charge in [0, 0.05) is 26.4 Å². The average Bonchev–Trinajstić information content (AvgIpc) is 2.50. The Labute approximate surface area is 143 Å². The lowest BCUT2D eigenvalue weighted by Crippen LogP contribution is -2.77. The molecule has 1 aliphatic heterocycles. The van der Waals surface area contributed by atoms with E-state index in [1.165, 1.54) is 0 Å². The van der Waals surface area contributed by atoms with Crippen LogP contribution in [-0.2, 0) is 22.8 Å². The monoisotopic (exact) mass is 348 g/mol. The second kappa shape index (κ2) is 9.49. The molecule has 23 heavy (non-hydrogen) atoms. The van der Waals surface area contributed by atoms with Gasteiger partial charge in [0.25, 0.3) is 0 Å². The maximum Gasteiger partial charge on any atom is 0.535 e. The van der Waals surface area contributed by atoms with E-state index in [-0.39, 0.29) is 5.41 Å². The van der Waals surface area contributed by atoms with E-state index in [9.17, 15) is 0 Å². The number of rotatable bonds is 13. The van der Waals surface area contributed by atoms with Gasteiger partial charge in [-0.1, -0.05) is 20.8 Å². The molecule has 138 valence electrons. The molecule has 1 saturated heterocycles. The van der Waals surface area contributed by atoms with Crippen molar-refractivity contribution in [3.63, 3.8) is 0 Å². The lowest BCUT2D eigenvalue weighted by Gasteiger charge is -2.58. The van der Waals surface area contributed by atoms with Crippen molar-refractivity contribution in [2.45, 2.75) is 66.0 Å². The first kappa shape index (κ1) is 21.1. The van der Waals surface area contributed by atoms with E-state index in [0.717, 1.165) is 19.3 Å². The largest absolute Gasteiger partial charge is 0.535 e. The summed E-state index contributed by atoms with van der Waals surface area (Å²) in [5.41, 5.74) is -0.0946. The Morgan fingerprint density at radius 3 is 1.70 bits per heavy atom. The molecule has 0 aromatic rings. The minimum Gasteiger partial charge on any atom is -0.380 e. The molecule has 1 rings (SSSR count). The third-order valence-electron chi connectivity index (χ3n) is 4.84. The molecule has 1 unspecified atom stereocenters. The fraction of sp³-hybridized carbons (Fsp3) is 1.00. The summed E-state index contributed by atoms with van der Waals surface area (Å²) in [7, 11) is -3.04. The van der Waals surface area contributed by atoms with Gasteiger partial charge in [0.15, 0.2) is 0 Å². The molecule has 1 heterocycles. The van der Waals surface area contributed by atoms with Crippen LogP contribution in [0.15, 0.2) is 0 Å². The van der Waals surface area contributed by atoms with Crippen molar-refractivity contribution in [3.8, 4) is 0 Å². The highest BCUT2D eigenvalue weighted by molar-refractivity contribution is 6.64. The van der Waals surface area contributed by atoms with Gasteiger partial charge in [-0.25, -0.2) is 0 Å². The molecule has 0 aromatic heterocycles. The summed E-state index contributed by atoms with van der Waals surface area (Å²) in [4.78, 5) is 0. The molecule has 0 aliphatic carbocycles. The maximum absolute atomic E-state index is 6.56. The first-order valence-corrected chi connectivity index (χ1v) is 10.9. The van der Waals surface area contributed by atoms with Gasteiger partial charge in [0.2, 0.25) is 0 Å². The second-order valence-electron chi connectivity index (χ2n) is 6.01. The van der Waals surface area contributed by atoms with Crippen molar-refractivity contribution in [1.82, 2.24) is 0 Å². The standard InChI is InChI=1S/C17H36O5Si/c1-7-13-19-17(9-3,16(8-2)14-18-15-16)23(20-10-4,21-11-5)22-12-6/h7-15H2,1-6H3. The third kappa shape index (κ3) is 3.67. The van der Waals surface area contributed by atoms with Crippen LogP contribution in [0.5, 0.6) is 0 Å². The lowest BCUT2D eigenvalue weighted by molar-refractivity contribution is -0.236. The Bertz CT molecular complexity index is 312. The van der Waals surface area contributed by atoms with Crippen molar-refractivity contribution in [1.29, 1.82) is 0 Å². The van der Waals surface area contributed by atoms with Crippen LogP contribution in [-0.4, -0.2) is 53.7 Å². The third-order valence-corrected chi connectivity index (χ3v) is 8.86. The minimum absolute atomic E-state index is 0.0946. The van der Waals surface area contributed by atoms with Crippen molar-refractivity contribution < 1.29 is 22.8 Å². The van der Waals surface area contributed by atoms with Crippen LogP contribution in [0.2, 0.25) is 0 Å². The van der Waals surface area contributed by atoms with Crippen LogP contribution in [0.25, 0.3) is 0 Å². The summed E-state index contributed by atoms with van der Waals surface area (Å²) in [5, 5.41) is -0.551. The first-order valence-electron chi connectivity index (χ1n) is 9.21. The molecule has 1 fully saturated rings. The zero-order valence-corrected chi connectivity index (χ0v) is 16.9. The second-order valence-corrected chi connectivity index (χ2v) is 8.80. The molecule has 5 nitrogen and oxygen atoms in total. The summed E-state index contributed by atoms with van der Waals surface area (Å²) in [6.07, 6.45) is 2.72. The Morgan fingerprint density at radius 2 is 1.43 bits per heavy atom. The highest BCUT2D eigenvalue weighted by Gasteiger charge is 2.72. The summed E-state index contributed by atoms with van der Waals surface area (Å²) >= 11 is 0. The van der Waals surface area contributed by atoms with Gasteiger partial charge >= 0.3 is 8.80 Å². The van der Waals surface area contributed by atoms with Crippen molar-refractivity contribution in [2.24, 2.45) is 5.41 Å². The zero-order valence-electron chi connectivity index (χ0n) is 15.9. The highest BCUT2D eigenvalue weighted by Crippen LogP contribution is 2.52. The van der Waals surface area contributed by atoms with Crippen LogP contribution in [0, 0.1) is 5.41 Å². The van der Waals surface area contributed by atoms with Crippen LogP contribution in [0.3, 0.4) is 0 Å². The predicted molar refractivity (Wildman–Crippen MR) is 93.4 cm³/mol. The molecule has 0 saturated carbocycles. The van der Waals surface area contributed by atoms with Gasteiger partial charge in [-0.15, -0.1) is 0 Å². The molecule has 6 heteroatoms. The van der Waals surface area contributed by atoms with Crippen molar-refractivity contribution in [2.75, 3.05) is 39.6 Å². The van der Waals surface area contributed by atoms with E-state index in [1.807, 2.05) is 20.8 Å². The predicted octanol–water partition coefficient (Wildman–Crippen LogP) is 3.58. The first-order chi connectivity index (χ1) is 11.1. The Kier molecular flexibility index (Phi) is 8.69.